The van der Waals surface area contributed by atoms with Gasteiger partial charge < -0.3 is 15.0 Å². The third kappa shape index (κ3) is 4.09. The summed E-state index contributed by atoms with van der Waals surface area (Å²) in [4.78, 5) is 2.53. The second kappa shape index (κ2) is 7.20. The molecule has 0 radical (unpaired) electrons. The summed E-state index contributed by atoms with van der Waals surface area (Å²) in [7, 11) is 1.78. The van der Waals surface area contributed by atoms with Gasteiger partial charge in [0, 0.05) is 26.2 Å². The minimum absolute atomic E-state index is 0.735. The van der Waals surface area contributed by atoms with Gasteiger partial charge in [-0.1, -0.05) is 20.3 Å². The highest BCUT2D eigenvalue weighted by Gasteiger charge is 2.26. The first kappa shape index (κ1) is 12.9. The van der Waals surface area contributed by atoms with Crippen LogP contribution < -0.4 is 5.32 Å². The Hall–Kier alpha value is -0.120. The maximum atomic E-state index is 5.13. The molecular weight excluding hydrogens is 188 g/mol. The van der Waals surface area contributed by atoms with Gasteiger partial charge in [0.1, 0.15) is 0 Å². The quantitative estimate of drug-likeness (QED) is 0.722. The standard InChI is InChI=1S/C12H26N2O/c1-4-11-10-14(8-9-15-3)7-6-12(11)13-5-2/h11-13H,4-10H2,1-3H3. The van der Waals surface area contributed by atoms with Crippen LogP contribution in [0.3, 0.4) is 0 Å². The van der Waals surface area contributed by atoms with E-state index in [1.165, 1.54) is 25.9 Å². The van der Waals surface area contributed by atoms with Gasteiger partial charge in [-0.2, -0.15) is 0 Å². The molecule has 2 atom stereocenters. The molecule has 15 heavy (non-hydrogen) atoms. The Morgan fingerprint density at radius 3 is 2.80 bits per heavy atom. The van der Waals surface area contributed by atoms with Gasteiger partial charge in [0.2, 0.25) is 0 Å². The Balaban J connectivity index is 2.33. The first-order valence-corrected chi connectivity index (χ1v) is 6.26. The number of hydrogen-bond acceptors (Lipinski definition) is 3. The van der Waals surface area contributed by atoms with E-state index < -0.39 is 0 Å². The van der Waals surface area contributed by atoms with Crippen LogP contribution >= 0.6 is 0 Å². The van der Waals surface area contributed by atoms with Crippen LogP contribution in [0.2, 0.25) is 0 Å². The Morgan fingerprint density at radius 2 is 2.20 bits per heavy atom. The molecule has 0 bridgehead atoms. The molecule has 1 fully saturated rings. The highest BCUT2D eigenvalue weighted by Crippen LogP contribution is 2.19. The molecule has 2 unspecified atom stereocenters. The Bertz CT molecular complexity index is 164. The van der Waals surface area contributed by atoms with Gasteiger partial charge in [0.05, 0.1) is 6.61 Å². The van der Waals surface area contributed by atoms with E-state index in [0.29, 0.717) is 0 Å². The highest BCUT2D eigenvalue weighted by atomic mass is 16.5. The molecule has 1 saturated heterocycles. The summed E-state index contributed by atoms with van der Waals surface area (Å²) in [5.74, 6) is 0.815. The van der Waals surface area contributed by atoms with E-state index >= 15 is 0 Å². The maximum absolute atomic E-state index is 5.13. The predicted molar refractivity (Wildman–Crippen MR) is 64.2 cm³/mol. The Morgan fingerprint density at radius 1 is 1.40 bits per heavy atom. The number of nitrogens with one attached hydrogen (secondary N) is 1. The van der Waals surface area contributed by atoms with Crippen molar-refractivity contribution in [1.29, 1.82) is 0 Å². The zero-order chi connectivity index (χ0) is 11.1. The van der Waals surface area contributed by atoms with Gasteiger partial charge >= 0.3 is 0 Å². The summed E-state index contributed by atoms with van der Waals surface area (Å²) >= 11 is 0. The van der Waals surface area contributed by atoms with Gasteiger partial charge in [0.25, 0.3) is 0 Å². The van der Waals surface area contributed by atoms with E-state index in [9.17, 15) is 0 Å². The van der Waals surface area contributed by atoms with E-state index in [1.807, 2.05) is 0 Å². The SMILES string of the molecule is CCNC1CCN(CCOC)CC1CC. The van der Waals surface area contributed by atoms with Crippen molar-refractivity contribution in [3.8, 4) is 0 Å². The van der Waals surface area contributed by atoms with Crippen molar-refractivity contribution < 1.29 is 4.74 Å². The van der Waals surface area contributed by atoms with Gasteiger partial charge in [-0.05, 0) is 25.4 Å². The summed E-state index contributed by atoms with van der Waals surface area (Å²) in [6.45, 7) is 10.0. The second-order valence-electron chi connectivity index (χ2n) is 4.41. The van der Waals surface area contributed by atoms with Crippen LogP contribution in [0.4, 0.5) is 0 Å². The van der Waals surface area contributed by atoms with Gasteiger partial charge in [0.15, 0.2) is 0 Å². The minimum atomic E-state index is 0.735. The topological polar surface area (TPSA) is 24.5 Å². The zero-order valence-electron chi connectivity index (χ0n) is 10.5. The third-order valence-corrected chi connectivity index (χ3v) is 3.42. The molecule has 0 aromatic rings. The van der Waals surface area contributed by atoms with Gasteiger partial charge in [-0.3, -0.25) is 0 Å². The number of hydrogen-bond donors (Lipinski definition) is 1. The largest absolute Gasteiger partial charge is 0.383 e. The first-order chi connectivity index (χ1) is 7.31. The van der Waals surface area contributed by atoms with E-state index in [4.69, 9.17) is 4.74 Å². The lowest BCUT2D eigenvalue weighted by atomic mass is 9.90. The lowest BCUT2D eigenvalue weighted by Crippen LogP contribution is -2.49. The van der Waals surface area contributed by atoms with Crippen LogP contribution in [-0.4, -0.2) is 50.8 Å². The molecule has 0 aromatic heterocycles. The molecule has 1 aliphatic heterocycles. The van der Waals surface area contributed by atoms with Crippen molar-refractivity contribution in [1.82, 2.24) is 10.2 Å². The number of piperidine rings is 1. The molecule has 0 aliphatic carbocycles. The van der Waals surface area contributed by atoms with Gasteiger partial charge in [-0.25, -0.2) is 0 Å². The average Bonchev–Trinajstić information content (AvgIpc) is 2.28. The molecule has 1 N–H and O–H groups in total. The van der Waals surface area contributed by atoms with Crippen molar-refractivity contribution in [3.05, 3.63) is 0 Å². The van der Waals surface area contributed by atoms with E-state index in [0.717, 1.165) is 31.7 Å². The van der Waals surface area contributed by atoms with E-state index in [-0.39, 0.29) is 0 Å². The number of likely N-dealkylation sites (tertiary alicyclic amines) is 1. The predicted octanol–water partition coefficient (Wildman–Crippen LogP) is 1.34. The number of rotatable bonds is 6. The zero-order valence-corrected chi connectivity index (χ0v) is 10.5. The molecular formula is C12H26N2O. The monoisotopic (exact) mass is 214 g/mol. The van der Waals surface area contributed by atoms with Crippen LogP contribution in [0.5, 0.6) is 0 Å². The van der Waals surface area contributed by atoms with Crippen molar-refractivity contribution in [3.63, 3.8) is 0 Å². The minimum Gasteiger partial charge on any atom is -0.383 e. The number of ether oxygens (including phenoxy) is 1. The van der Waals surface area contributed by atoms with Crippen LogP contribution in [-0.2, 0) is 4.74 Å². The molecule has 0 spiro atoms. The molecule has 1 rings (SSSR count). The molecule has 90 valence electrons. The smallest absolute Gasteiger partial charge is 0.0589 e. The molecule has 0 saturated carbocycles. The van der Waals surface area contributed by atoms with Crippen LogP contribution in [0, 0.1) is 5.92 Å². The highest BCUT2D eigenvalue weighted by molar-refractivity contribution is 4.84. The van der Waals surface area contributed by atoms with Crippen molar-refractivity contribution in [2.24, 2.45) is 5.92 Å². The molecule has 1 aliphatic rings. The Kier molecular flexibility index (Phi) is 6.22. The fourth-order valence-corrected chi connectivity index (χ4v) is 2.48. The lowest BCUT2D eigenvalue weighted by molar-refractivity contribution is 0.0961. The molecule has 0 aromatic carbocycles. The first-order valence-electron chi connectivity index (χ1n) is 6.26. The van der Waals surface area contributed by atoms with E-state index in [1.54, 1.807) is 7.11 Å². The summed E-state index contributed by atoms with van der Waals surface area (Å²) in [6, 6.07) is 0.735. The molecule has 3 nitrogen and oxygen atoms in total. The van der Waals surface area contributed by atoms with Crippen molar-refractivity contribution in [2.45, 2.75) is 32.7 Å². The Labute approximate surface area is 94.2 Å². The van der Waals surface area contributed by atoms with Crippen molar-refractivity contribution >= 4 is 0 Å². The summed E-state index contributed by atoms with van der Waals surface area (Å²) in [5, 5.41) is 3.60. The summed E-state index contributed by atoms with van der Waals surface area (Å²) < 4.78 is 5.13. The third-order valence-electron chi connectivity index (χ3n) is 3.42. The second-order valence-corrected chi connectivity index (χ2v) is 4.41. The average molecular weight is 214 g/mol. The number of methoxy groups -OCH3 is 1. The molecule has 0 amide bonds. The summed E-state index contributed by atoms with van der Waals surface area (Å²) in [5.41, 5.74) is 0. The fourth-order valence-electron chi connectivity index (χ4n) is 2.48. The normalized spacial score (nSPS) is 28.2. The lowest BCUT2D eigenvalue weighted by Gasteiger charge is -2.38. The molecule has 3 heteroatoms. The molecule has 1 heterocycles. The number of nitrogens with zero attached hydrogens (tertiary/aromatic N) is 1. The van der Waals surface area contributed by atoms with Crippen LogP contribution in [0.25, 0.3) is 0 Å². The van der Waals surface area contributed by atoms with Crippen molar-refractivity contribution in [2.75, 3.05) is 39.9 Å². The van der Waals surface area contributed by atoms with Crippen LogP contribution in [0.15, 0.2) is 0 Å². The summed E-state index contributed by atoms with van der Waals surface area (Å²) in [6.07, 6.45) is 2.57. The van der Waals surface area contributed by atoms with Crippen LogP contribution in [0.1, 0.15) is 26.7 Å². The van der Waals surface area contributed by atoms with E-state index in [2.05, 4.69) is 24.1 Å². The fraction of sp³-hybridized carbons (Fsp3) is 1.00. The maximum Gasteiger partial charge on any atom is 0.0589 e. The van der Waals surface area contributed by atoms with Gasteiger partial charge in [-0.15, -0.1) is 0 Å².